The van der Waals surface area contributed by atoms with Crippen LogP contribution < -0.4 is 10.9 Å². The summed E-state index contributed by atoms with van der Waals surface area (Å²) in [6.07, 6.45) is 5.92. The van der Waals surface area contributed by atoms with E-state index in [9.17, 15) is 9.59 Å². The molecule has 172 valence electrons. The molecule has 35 heavy (non-hydrogen) atoms. The maximum Gasteiger partial charge on any atom is 0.262 e. The van der Waals surface area contributed by atoms with Crippen LogP contribution in [0.1, 0.15) is 12.2 Å². The number of thiazole rings is 1. The fourth-order valence-corrected chi connectivity index (χ4v) is 4.59. The van der Waals surface area contributed by atoms with Crippen molar-refractivity contribution in [2.45, 2.75) is 12.8 Å². The lowest BCUT2D eigenvalue weighted by Gasteiger charge is -2.07. The summed E-state index contributed by atoms with van der Waals surface area (Å²) in [6, 6.07) is 17.0. The van der Waals surface area contributed by atoms with Crippen LogP contribution in [0.3, 0.4) is 0 Å². The summed E-state index contributed by atoms with van der Waals surface area (Å²) >= 11 is 1.58. The SMILES string of the molecule is O=C(CCc1nc2c(cnn2-c2ccccc2)c(=O)[nH]1)Nc1ccc(-c2cn3ccsc3n2)cc1. The lowest BCUT2D eigenvalue weighted by molar-refractivity contribution is -0.116. The number of benzene rings is 2. The molecule has 0 radical (unpaired) electrons. The highest BCUT2D eigenvalue weighted by molar-refractivity contribution is 7.15. The molecule has 6 aromatic rings. The molecule has 0 aliphatic rings. The van der Waals surface area contributed by atoms with Crippen molar-refractivity contribution in [3.8, 4) is 16.9 Å². The van der Waals surface area contributed by atoms with Crippen molar-refractivity contribution in [1.82, 2.24) is 29.1 Å². The van der Waals surface area contributed by atoms with E-state index in [1.54, 1.807) is 16.0 Å². The summed E-state index contributed by atoms with van der Waals surface area (Å²) in [5.41, 5.74) is 3.55. The second kappa shape index (κ2) is 8.65. The Bertz CT molecular complexity index is 1680. The van der Waals surface area contributed by atoms with E-state index < -0.39 is 0 Å². The molecule has 0 fully saturated rings. The van der Waals surface area contributed by atoms with Crippen molar-refractivity contribution in [2.24, 2.45) is 0 Å². The first-order valence-corrected chi connectivity index (χ1v) is 11.9. The summed E-state index contributed by atoms with van der Waals surface area (Å²) in [7, 11) is 0. The van der Waals surface area contributed by atoms with Gasteiger partial charge in [0.05, 0.1) is 17.6 Å². The van der Waals surface area contributed by atoms with E-state index in [-0.39, 0.29) is 17.9 Å². The van der Waals surface area contributed by atoms with E-state index in [0.29, 0.717) is 29.0 Å². The molecular weight excluding hydrogens is 462 g/mol. The third kappa shape index (κ3) is 4.11. The molecule has 0 bridgehead atoms. The number of amides is 1. The number of carbonyl (C=O) groups excluding carboxylic acids is 1. The minimum absolute atomic E-state index is 0.167. The topological polar surface area (TPSA) is 110 Å². The lowest BCUT2D eigenvalue weighted by atomic mass is 10.1. The van der Waals surface area contributed by atoms with Crippen molar-refractivity contribution in [3.63, 3.8) is 0 Å². The minimum Gasteiger partial charge on any atom is -0.326 e. The number of H-pyrrole nitrogens is 1. The smallest absolute Gasteiger partial charge is 0.262 e. The van der Waals surface area contributed by atoms with Crippen molar-refractivity contribution >= 4 is 38.9 Å². The van der Waals surface area contributed by atoms with E-state index in [1.165, 1.54) is 6.20 Å². The first kappa shape index (κ1) is 21.0. The number of aromatic amines is 1. The van der Waals surface area contributed by atoms with Crippen LogP contribution in [-0.2, 0) is 11.2 Å². The Morgan fingerprint density at radius 3 is 2.69 bits per heavy atom. The minimum atomic E-state index is -0.276. The van der Waals surface area contributed by atoms with Gasteiger partial charge in [0.25, 0.3) is 5.56 Å². The number of imidazole rings is 1. The molecule has 9 nitrogen and oxygen atoms in total. The molecule has 0 saturated carbocycles. The molecule has 0 saturated heterocycles. The van der Waals surface area contributed by atoms with Crippen LogP contribution in [-0.4, -0.2) is 35.0 Å². The maximum atomic E-state index is 12.5. The normalized spacial score (nSPS) is 11.3. The van der Waals surface area contributed by atoms with Crippen LogP contribution in [0.2, 0.25) is 0 Å². The molecule has 4 aromatic heterocycles. The monoisotopic (exact) mass is 481 g/mol. The molecular formula is C25H19N7O2S. The first-order valence-electron chi connectivity index (χ1n) is 11.0. The number of nitrogens with zero attached hydrogens (tertiary/aromatic N) is 5. The van der Waals surface area contributed by atoms with Gasteiger partial charge in [-0.15, -0.1) is 11.3 Å². The Balaban J connectivity index is 1.14. The number of nitrogens with one attached hydrogen (secondary N) is 2. The third-order valence-corrected chi connectivity index (χ3v) is 6.41. The number of hydrogen-bond donors (Lipinski definition) is 2. The summed E-state index contributed by atoms with van der Waals surface area (Å²) in [5, 5.41) is 9.60. The second-order valence-electron chi connectivity index (χ2n) is 7.99. The average molecular weight is 482 g/mol. The van der Waals surface area contributed by atoms with Gasteiger partial charge >= 0.3 is 0 Å². The van der Waals surface area contributed by atoms with E-state index >= 15 is 0 Å². The molecule has 0 unspecified atom stereocenters. The predicted molar refractivity (Wildman–Crippen MR) is 135 cm³/mol. The Morgan fingerprint density at radius 2 is 1.89 bits per heavy atom. The molecule has 0 atom stereocenters. The van der Waals surface area contributed by atoms with Gasteiger partial charge < -0.3 is 10.3 Å². The fraction of sp³-hybridized carbons (Fsp3) is 0.0800. The predicted octanol–water partition coefficient (Wildman–Crippen LogP) is 4.06. The standard InChI is InChI=1S/C25H19N7O2S/c33-22(27-17-8-6-16(7-9-17)20-15-31-12-13-35-25(31)28-20)11-10-21-29-23-19(24(34)30-21)14-26-32(23)18-4-2-1-3-5-18/h1-9,12-15H,10-11H2,(H,27,33)(H,29,30,34). The number of rotatable bonds is 6. The largest absolute Gasteiger partial charge is 0.326 e. The highest BCUT2D eigenvalue weighted by Crippen LogP contribution is 2.23. The van der Waals surface area contributed by atoms with Gasteiger partial charge in [0.1, 0.15) is 11.2 Å². The zero-order valence-corrected chi connectivity index (χ0v) is 19.2. The number of carbonyl (C=O) groups is 1. The summed E-state index contributed by atoms with van der Waals surface area (Å²) in [5.74, 6) is 0.269. The number of aromatic nitrogens is 6. The third-order valence-electron chi connectivity index (χ3n) is 5.63. The summed E-state index contributed by atoms with van der Waals surface area (Å²) in [6.45, 7) is 0. The zero-order chi connectivity index (χ0) is 23.8. The van der Waals surface area contributed by atoms with E-state index in [2.05, 4.69) is 25.4 Å². The van der Waals surface area contributed by atoms with Gasteiger partial charge in [0.2, 0.25) is 5.91 Å². The Labute approximate surface area is 202 Å². The van der Waals surface area contributed by atoms with Gasteiger partial charge in [0, 0.05) is 41.9 Å². The van der Waals surface area contributed by atoms with Crippen molar-refractivity contribution in [3.05, 3.63) is 94.7 Å². The van der Waals surface area contributed by atoms with Gasteiger partial charge in [-0.3, -0.25) is 14.0 Å². The molecule has 0 aliphatic heterocycles. The zero-order valence-electron chi connectivity index (χ0n) is 18.4. The molecule has 10 heteroatoms. The van der Waals surface area contributed by atoms with Gasteiger partial charge in [-0.25, -0.2) is 14.6 Å². The molecule has 2 N–H and O–H groups in total. The van der Waals surface area contributed by atoms with Gasteiger partial charge in [-0.2, -0.15) is 5.10 Å². The van der Waals surface area contributed by atoms with Gasteiger partial charge in [-0.1, -0.05) is 30.3 Å². The van der Waals surface area contributed by atoms with Crippen molar-refractivity contribution in [1.29, 1.82) is 0 Å². The van der Waals surface area contributed by atoms with E-state index in [4.69, 9.17) is 0 Å². The average Bonchev–Trinajstić information content (AvgIpc) is 3.59. The number of anilines is 1. The van der Waals surface area contributed by atoms with E-state index in [1.807, 2.05) is 76.8 Å². The van der Waals surface area contributed by atoms with Crippen LogP contribution in [0.25, 0.3) is 32.9 Å². The van der Waals surface area contributed by atoms with Crippen LogP contribution in [0.4, 0.5) is 5.69 Å². The Morgan fingerprint density at radius 1 is 1.06 bits per heavy atom. The van der Waals surface area contributed by atoms with E-state index in [0.717, 1.165) is 21.9 Å². The van der Waals surface area contributed by atoms with Crippen LogP contribution in [0.15, 0.2) is 83.4 Å². The summed E-state index contributed by atoms with van der Waals surface area (Å²) < 4.78 is 3.61. The first-order chi connectivity index (χ1) is 17.1. The van der Waals surface area contributed by atoms with Crippen LogP contribution in [0, 0.1) is 0 Å². The Hall–Kier alpha value is -4.57. The molecule has 0 aliphatic carbocycles. The lowest BCUT2D eigenvalue weighted by Crippen LogP contribution is -2.16. The van der Waals surface area contributed by atoms with Crippen LogP contribution >= 0.6 is 11.3 Å². The van der Waals surface area contributed by atoms with Crippen molar-refractivity contribution < 1.29 is 4.79 Å². The number of aryl methyl sites for hydroxylation is 1. The number of fused-ring (bicyclic) bond motifs is 2. The quantitative estimate of drug-likeness (QED) is 0.373. The number of para-hydroxylation sites is 1. The van der Waals surface area contributed by atoms with Gasteiger partial charge in [0.15, 0.2) is 10.6 Å². The Kier molecular flexibility index (Phi) is 5.19. The number of hydrogen-bond acceptors (Lipinski definition) is 6. The highest BCUT2D eigenvalue weighted by Gasteiger charge is 2.13. The molecule has 0 spiro atoms. The van der Waals surface area contributed by atoms with Crippen molar-refractivity contribution in [2.75, 3.05) is 5.32 Å². The van der Waals surface area contributed by atoms with Gasteiger partial charge in [-0.05, 0) is 24.3 Å². The molecule has 4 heterocycles. The van der Waals surface area contributed by atoms with Crippen LogP contribution in [0.5, 0.6) is 0 Å². The second-order valence-corrected chi connectivity index (χ2v) is 8.86. The molecule has 2 aromatic carbocycles. The molecule has 6 rings (SSSR count). The fourth-order valence-electron chi connectivity index (χ4n) is 3.89. The maximum absolute atomic E-state index is 12.5. The molecule has 1 amide bonds. The summed E-state index contributed by atoms with van der Waals surface area (Å²) in [4.78, 5) is 37.9. The highest BCUT2D eigenvalue weighted by atomic mass is 32.1.